The van der Waals surface area contributed by atoms with E-state index in [1.807, 2.05) is 6.92 Å². The summed E-state index contributed by atoms with van der Waals surface area (Å²) in [6.45, 7) is 2.76. The van der Waals surface area contributed by atoms with E-state index in [2.05, 4.69) is 10.6 Å². The van der Waals surface area contributed by atoms with Gasteiger partial charge in [0.05, 0.1) is 11.4 Å². The highest BCUT2D eigenvalue weighted by Crippen LogP contribution is 2.12. The van der Waals surface area contributed by atoms with Gasteiger partial charge in [-0.05, 0) is 30.7 Å². The van der Waals surface area contributed by atoms with Gasteiger partial charge in [-0.1, -0.05) is 6.92 Å². The Bertz CT molecular complexity index is 497. The van der Waals surface area contributed by atoms with Crippen molar-refractivity contribution < 1.29 is 13.2 Å². The first kappa shape index (κ1) is 14.5. The zero-order valence-electron chi connectivity index (χ0n) is 10.1. The van der Waals surface area contributed by atoms with Gasteiger partial charge in [-0.2, -0.15) is 0 Å². The summed E-state index contributed by atoms with van der Waals surface area (Å²) in [4.78, 5) is 11.4. The van der Waals surface area contributed by atoms with Crippen LogP contribution >= 0.6 is 0 Å². The number of amides is 1. The first-order valence-electron chi connectivity index (χ1n) is 5.57. The molecule has 1 rings (SSSR count). The SMILES string of the molecule is CCCNC(=O)CNc1ccc(S(N)(=O)=O)cc1. The fraction of sp³-hybridized carbons (Fsp3) is 0.364. The van der Waals surface area contributed by atoms with Gasteiger partial charge in [0.15, 0.2) is 0 Å². The van der Waals surface area contributed by atoms with E-state index in [4.69, 9.17) is 5.14 Å². The molecule has 0 radical (unpaired) electrons. The highest BCUT2D eigenvalue weighted by atomic mass is 32.2. The summed E-state index contributed by atoms with van der Waals surface area (Å²) in [5.74, 6) is -0.104. The van der Waals surface area contributed by atoms with Gasteiger partial charge in [-0.3, -0.25) is 4.79 Å². The molecular weight excluding hydrogens is 254 g/mol. The Balaban J connectivity index is 2.52. The maximum absolute atomic E-state index is 11.3. The number of rotatable bonds is 6. The van der Waals surface area contributed by atoms with E-state index in [0.29, 0.717) is 12.2 Å². The topological polar surface area (TPSA) is 101 Å². The number of carbonyl (C=O) groups excluding carboxylic acids is 1. The molecule has 0 fully saturated rings. The zero-order valence-corrected chi connectivity index (χ0v) is 11.0. The van der Waals surface area contributed by atoms with E-state index < -0.39 is 10.0 Å². The highest BCUT2D eigenvalue weighted by Gasteiger charge is 2.06. The molecule has 0 bridgehead atoms. The van der Waals surface area contributed by atoms with Crippen LogP contribution in [0.15, 0.2) is 29.2 Å². The van der Waals surface area contributed by atoms with Crippen LogP contribution in [0.4, 0.5) is 5.69 Å². The van der Waals surface area contributed by atoms with Crippen LogP contribution in [0.3, 0.4) is 0 Å². The average molecular weight is 271 g/mol. The molecule has 0 aliphatic heterocycles. The maximum Gasteiger partial charge on any atom is 0.239 e. The number of primary sulfonamides is 1. The molecule has 0 saturated heterocycles. The molecule has 0 unspecified atom stereocenters. The molecule has 1 aromatic rings. The van der Waals surface area contributed by atoms with E-state index in [9.17, 15) is 13.2 Å². The van der Waals surface area contributed by atoms with Crippen LogP contribution in [0.1, 0.15) is 13.3 Å². The van der Waals surface area contributed by atoms with Crippen molar-refractivity contribution in [2.75, 3.05) is 18.4 Å². The van der Waals surface area contributed by atoms with Gasteiger partial charge >= 0.3 is 0 Å². The third-order valence-corrected chi connectivity index (χ3v) is 3.14. The fourth-order valence-electron chi connectivity index (χ4n) is 1.27. The lowest BCUT2D eigenvalue weighted by molar-refractivity contribution is -0.119. The van der Waals surface area contributed by atoms with Crippen molar-refractivity contribution >= 4 is 21.6 Å². The average Bonchev–Trinajstić information content (AvgIpc) is 2.33. The molecule has 0 aliphatic rings. The minimum Gasteiger partial charge on any atom is -0.376 e. The number of hydrogen-bond acceptors (Lipinski definition) is 4. The largest absolute Gasteiger partial charge is 0.376 e. The lowest BCUT2D eigenvalue weighted by atomic mass is 10.3. The van der Waals surface area contributed by atoms with Crippen LogP contribution in [0.2, 0.25) is 0 Å². The summed E-state index contributed by atoms with van der Waals surface area (Å²) in [6.07, 6.45) is 0.884. The van der Waals surface area contributed by atoms with Crippen LogP contribution in [0.25, 0.3) is 0 Å². The van der Waals surface area contributed by atoms with Gasteiger partial charge in [0.2, 0.25) is 15.9 Å². The standard InChI is InChI=1S/C11H17N3O3S/c1-2-7-13-11(15)8-14-9-3-5-10(6-4-9)18(12,16)17/h3-6,14H,2,7-8H2,1H3,(H,13,15)(H2,12,16,17). The van der Waals surface area contributed by atoms with Gasteiger partial charge in [-0.15, -0.1) is 0 Å². The molecule has 7 heteroatoms. The molecule has 6 nitrogen and oxygen atoms in total. The Labute approximate surface area is 107 Å². The molecule has 0 aliphatic carbocycles. The Morgan fingerprint density at radius 3 is 2.39 bits per heavy atom. The number of hydrogen-bond donors (Lipinski definition) is 3. The number of carbonyl (C=O) groups is 1. The first-order valence-corrected chi connectivity index (χ1v) is 7.11. The summed E-state index contributed by atoms with van der Waals surface area (Å²) in [5.41, 5.74) is 0.661. The van der Waals surface area contributed by atoms with E-state index >= 15 is 0 Å². The van der Waals surface area contributed by atoms with Crippen LogP contribution in [-0.2, 0) is 14.8 Å². The minimum absolute atomic E-state index is 0.0449. The Morgan fingerprint density at radius 1 is 1.28 bits per heavy atom. The lowest BCUT2D eigenvalue weighted by Gasteiger charge is -2.07. The van der Waals surface area contributed by atoms with Crippen LogP contribution in [0.5, 0.6) is 0 Å². The van der Waals surface area contributed by atoms with E-state index in [1.165, 1.54) is 12.1 Å². The highest BCUT2D eigenvalue weighted by molar-refractivity contribution is 7.89. The first-order chi connectivity index (χ1) is 8.43. The smallest absolute Gasteiger partial charge is 0.239 e. The van der Waals surface area contributed by atoms with Crippen molar-refractivity contribution in [2.45, 2.75) is 18.2 Å². The predicted molar refractivity (Wildman–Crippen MR) is 69.6 cm³/mol. The third kappa shape index (κ3) is 4.72. The van der Waals surface area contributed by atoms with E-state index in [-0.39, 0.29) is 17.3 Å². The Hall–Kier alpha value is -1.60. The number of sulfonamides is 1. The molecule has 0 atom stereocenters. The van der Waals surface area contributed by atoms with Gasteiger partial charge in [0, 0.05) is 12.2 Å². The molecule has 0 heterocycles. The maximum atomic E-state index is 11.3. The van der Waals surface area contributed by atoms with E-state index in [1.54, 1.807) is 12.1 Å². The van der Waals surface area contributed by atoms with Gasteiger partial charge < -0.3 is 10.6 Å². The van der Waals surface area contributed by atoms with Crippen LogP contribution in [0, 0.1) is 0 Å². The normalized spacial score (nSPS) is 11.0. The molecule has 1 aromatic carbocycles. The molecule has 18 heavy (non-hydrogen) atoms. The molecule has 4 N–H and O–H groups in total. The van der Waals surface area contributed by atoms with Crippen LogP contribution < -0.4 is 15.8 Å². The summed E-state index contributed by atoms with van der Waals surface area (Å²) in [5, 5.41) is 10.6. The van der Waals surface area contributed by atoms with Crippen molar-refractivity contribution in [2.24, 2.45) is 5.14 Å². The van der Waals surface area contributed by atoms with Gasteiger partial charge in [-0.25, -0.2) is 13.6 Å². The van der Waals surface area contributed by atoms with E-state index in [0.717, 1.165) is 6.42 Å². The predicted octanol–water partition coefficient (Wildman–Crippen LogP) is 0.272. The van der Waals surface area contributed by atoms with Crippen molar-refractivity contribution in [3.8, 4) is 0 Å². The number of nitrogens with two attached hydrogens (primary N) is 1. The monoisotopic (exact) mass is 271 g/mol. The second kappa shape index (κ2) is 6.36. The van der Waals surface area contributed by atoms with Crippen molar-refractivity contribution in [3.63, 3.8) is 0 Å². The summed E-state index contributed by atoms with van der Waals surface area (Å²) < 4.78 is 22.0. The van der Waals surface area contributed by atoms with Crippen molar-refractivity contribution in [3.05, 3.63) is 24.3 Å². The molecule has 0 aromatic heterocycles. The zero-order chi connectivity index (χ0) is 13.6. The fourth-order valence-corrected chi connectivity index (χ4v) is 1.79. The molecule has 0 saturated carbocycles. The summed E-state index contributed by atoms with van der Waals surface area (Å²) >= 11 is 0. The second-order valence-corrected chi connectivity index (χ2v) is 5.33. The Morgan fingerprint density at radius 2 is 1.89 bits per heavy atom. The van der Waals surface area contributed by atoms with Crippen molar-refractivity contribution in [1.82, 2.24) is 5.32 Å². The van der Waals surface area contributed by atoms with Gasteiger partial charge in [0.25, 0.3) is 0 Å². The molecule has 100 valence electrons. The summed E-state index contributed by atoms with van der Waals surface area (Å²) in [6, 6.07) is 5.91. The summed E-state index contributed by atoms with van der Waals surface area (Å²) in [7, 11) is -3.67. The molecule has 0 spiro atoms. The second-order valence-electron chi connectivity index (χ2n) is 3.77. The lowest BCUT2D eigenvalue weighted by Crippen LogP contribution is -2.30. The van der Waals surface area contributed by atoms with Crippen molar-refractivity contribution in [1.29, 1.82) is 0 Å². The van der Waals surface area contributed by atoms with Crippen LogP contribution in [-0.4, -0.2) is 27.4 Å². The Kier molecular flexibility index (Phi) is 5.11. The number of anilines is 1. The third-order valence-electron chi connectivity index (χ3n) is 2.21. The molecule has 1 amide bonds. The number of benzene rings is 1. The minimum atomic E-state index is -3.67. The molecular formula is C11H17N3O3S. The number of nitrogens with one attached hydrogen (secondary N) is 2. The van der Waals surface area contributed by atoms with Gasteiger partial charge in [0.1, 0.15) is 0 Å². The quantitative estimate of drug-likeness (QED) is 0.691.